The molecule has 2 aromatic carbocycles. The Hall–Kier alpha value is -3.97. The fourth-order valence-electron chi connectivity index (χ4n) is 4.01. The van der Waals surface area contributed by atoms with E-state index in [4.69, 9.17) is 5.21 Å². The first-order valence-corrected chi connectivity index (χ1v) is 10.9. The molecule has 0 saturated heterocycles. The number of anilines is 1. The van der Waals surface area contributed by atoms with Gasteiger partial charge in [-0.15, -0.1) is 0 Å². The molecule has 1 unspecified atom stereocenters. The molecule has 0 bridgehead atoms. The first-order valence-electron chi connectivity index (χ1n) is 10.9. The highest BCUT2D eigenvalue weighted by atomic mass is 16.5. The van der Waals surface area contributed by atoms with Gasteiger partial charge in [0, 0.05) is 49.7 Å². The third-order valence-corrected chi connectivity index (χ3v) is 5.77. The van der Waals surface area contributed by atoms with Gasteiger partial charge in [0.25, 0.3) is 11.8 Å². The summed E-state index contributed by atoms with van der Waals surface area (Å²) in [5.74, 6) is -0.281. The molecular formula is C26H26N4O3. The van der Waals surface area contributed by atoms with Gasteiger partial charge in [-0.2, -0.15) is 0 Å². The van der Waals surface area contributed by atoms with Gasteiger partial charge in [-0.3, -0.25) is 19.8 Å². The van der Waals surface area contributed by atoms with E-state index in [1.165, 1.54) is 17.3 Å². The van der Waals surface area contributed by atoms with Gasteiger partial charge >= 0.3 is 0 Å². The molecule has 2 amide bonds. The Morgan fingerprint density at radius 2 is 1.94 bits per heavy atom. The Bertz CT molecular complexity index is 1130. The average Bonchev–Trinajstić information content (AvgIpc) is 3.29. The van der Waals surface area contributed by atoms with E-state index >= 15 is 0 Å². The molecule has 0 radical (unpaired) electrons. The molecule has 0 fully saturated rings. The number of hydroxylamine groups is 1. The summed E-state index contributed by atoms with van der Waals surface area (Å²) in [7, 11) is 0. The second kappa shape index (κ2) is 10.6. The monoisotopic (exact) mass is 442 g/mol. The van der Waals surface area contributed by atoms with Gasteiger partial charge in [0.2, 0.25) is 0 Å². The summed E-state index contributed by atoms with van der Waals surface area (Å²) < 4.78 is 0. The third-order valence-electron chi connectivity index (χ3n) is 5.77. The molecule has 33 heavy (non-hydrogen) atoms. The number of aromatic nitrogens is 1. The topological polar surface area (TPSA) is 94.6 Å². The lowest BCUT2D eigenvalue weighted by Gasteiger charge is -2.24. The molecule has 0 spiro atoms. The van der Waals surface area contributed by atoms with Crippen molar-refractivity contribution in [3.8, 4) is 0 Å². The number of rotatable bonds is 8. The van der Waals surface area contributed by atoms with Crippen molar-refractivity contribution in [2.75, 3.05) is 18.4 Å². The average molecular weight is 443 g/mol. The maximum absolute atomic E-state index is 13.3. The summed E-state index contributed by atoms with van der Waals surface area (Å²) in [6.45, 7) is 1.96. The number of benzene rings is 2. The molecule has 1 aliphatic rings. The van der Waals surface area contributed by atoms with Crippen LogP contribution in [0.15, 0.2) is 79.1 Å². The Morgan fingerprint density at radius 3 is 2.70 bits per heavy atom. The van der Waals surface area contributed by atoms with Gasteiger partial charge in [0.1, 0.15) is 0 Å². The zero-order valence-electron chi connectivity index (χ0n) is 18.1. The molecule has 0 saturated carbocycles. The SMILES string of the molecule is O=C(/C=C/c1ccc(CN(CCC2CNc3ccccc32)C(=O)c2cccnc2)cc1)NO. The first kappa shape index (κ1) is 22.2. The van der Waals surface area contributed by atoms with Crippen LogP contribution in [-0.4, -0.2) is 40.0 Å². The number of fused-ring (bicyclic) bond motifs is 1. The molecule has 3 aromatic rings. The van der Waals surface area contributed by atoms with Gasteiger partial charge < -0.3 is 10.2 Å². The third kappa shape index (κ3) is 5.64. The van der Waals surface area contributed by atoms with Crippen LogP contribution in [0, 0.1) is 0 Å². The van der Waals surface area contributed by atoms with Crippen molar-refractivity contribution in [3.05, 3.63) is 101 Å². The maximum atomic E-state index is 13.3. The molecule has 7 heteroatoms. The standard InChI is InChI=1S/C26H26N4O3/c31-25(29-33)12-11-19-7-9-20(10-8-19)18-30(26(32)22-4-3-14-27-16-22)15-13-21-17-28-24-6-2-1-5-23(21)24/h1-12,14,16,21,28,33H,13,15,17-18H2,(H,29,31)/b12-11+. The summed E-state index contributed by atoms with van der Waals surface area (Å²) >= 11 is 0. The van der Waals surface area contributed by atoms with Crippen LogP contribution in [0.1, 0.15) is 39.4 Å². The number of hydrogen-bond donors (Lipinski definition) is 3. The number of carbonyl (C=O) groups excluding carboxylic acids is 2. The van der Waals surface area contributed by atoms with E-state index in [1.807, 2.05) is 35.2 Å². The molecular weight excluding hydrogens is 416 g/mol. The first-order chi connectivity index (χ1) is 16.1. The summed E-state index contributed by atoms with van der Waals surface area (Å²) in [4.78, 5) is 30.4. The van der Waals surface area contributed by atoms with Crippen molar-refractivity contribution in [1.29, 1.82) is 0 Å². The van der Waals surface area contributed by atoms with E-state index in [9.17, 15) is 9.59 Å². The highest BCUT2D eigenvalue weighted by Crippen LogP contribution is 2.33. The smallest absolute Gasteiger partial charge is 0.267 e. The summed E-state index contributed by atoms with van der Waals surface area (Å²) in [5.41, 5.74) is 6.41. The van der Waals surface area contributed by atoms with Crippen molar-refractivity contribution in [2.45, 2.75) is 18.9 Å². The van der Waals surface area contributed by atoms with Gasteiger partial charge in [-0.25, -0.2) is 5.48 Å². The number of para-hydroxylation sites is 1. The van der Waals surface area contributed by atoms with E-state index in [2.05, 4.69) is 28.5 Å². The van der Waals surface area contributed by atoms with Crippen molar-refractivity contribution in [2.24, 2.45) is 0 Å². The fourth-order valence-corrected chi connectivity index (χ4v) is 4.01. The highest BCUT2D eigenvalue weighted by Gasteiger charge is 2.24. The maximum Gasteiger partial charge on any atom is 0.267 e. The van der Waals surface area contributed by atoms with Crippen molar-refractivity contribution in [1.82, 2.24) is 15.4 Å². The van der Waals surface area contributed by atoms with E-state index < -0.39 is 5.91 Å². The van der Waals surface area contributed by atoms with Crippen LogP contribution >= 0.6 is 0 Å². The molecule has 3 N–H and O–H groups in total. The second-order valence-corrected chi connectivity index (χ2v) is 7.97. The number of hydrogen-bond acceptors (Lipinski definition) is 5. The van der Waals surface area contributed by atoms with Gasteiger partial charge in [0.15, 0.2) is 0 Å². The van der Waals surface area contributed by atoms with Crippen LogP contribution in [0.25, 0.3) is 6.08 Å². The lowest BCUT2D eigenvalue weighted by Crippen LogP contribution is -2.32. The Kier molecular flexibility index (Phi) is 7.12. The van der Waals surface area contributed by atoms with Crippen molar-refractivity contribution in [3.63, 3.8) is 0 Å². The van der Waals surface area contributed by atoms with Crippen LogP contribution in [0.3, 0.4) is 0 Å². The Morgan fingerprint density at radius 1 is 1.12 bits per heavy atom. The number of nitrogens with one attached hydrogen (secondary N) is 2. The van der Waals surface area contributed by atoms with Crippen LogP contribution in [0.4, 0.5) is 5.69 Å². The van der Waals surface area contributed by atoms with E-state index in [-0.39, 0.29) is 5.91 Å². The lowest BCUT2D eigenvalue weighted by molar-refractivity contribution is -0.124. The largest absolute Gasteiger partial charge is 0.384 e. The zero-order chi connectivity index (χ0) is 23.0. The van der Waals surface area contributed by atoms with Gasteiger partial charge in [-0.1, -0.05) is 42.5 Å². The number of pyridine rings is 1. The van der Waals surface area contributed by atoms with Crippen LogP contribution in [0.5, 0.6) is 0 Å². The number of nitrogens with zero attached hydrogens (tertiary/aromatic N) is 2. The molecule has 1 atom stereocenters. The van der Waals surface area contributed by atoms with E-state index in [1.54, 1.807) is 36.1 Å². The summed E-state index contributed by atoms with van der Waals surface area (Å²) in [6.07, 6.45) is 6.97. The minimum Gasteiger partial charge on any atom is -0.384 e. The molecule has 2 heterocycles. The van der Waals surface area contributed by atoms with E-state index in [0.717, 1.165) is 24.1 Å². The number of carbonyl (C=O) groups is 2. The Balaban J connectivity index is 1.48. The fraction of sp³-hybridized carbons (Fsp3) is 0.192. The van der Waals surface area contributed by atoms with Crippen LogP contribution in [0.2, 0.25) is 0 Å². The second-order valence-electron chi connectivity index (χ2n) is 7.97. The van der Waals surface area contributed by atoms with Gasteiger partial charge in [0.05, 0.1) is 5.56 Å². The minimum absolute atomic E-state index is 0.0501. The molecule has 7 nitrogen and oxygen atoms in total. The molecule has 1 aliphatic heterocycles. The lowest BCUT2D eigenvalue weighted by atomic mass is 9.97. The molecule has 168 valence electrons. The minimum atomic E-state index is -0.588. The quantitative estimate of drug-likeness (QED) is 0.280. The number of amides is 2. The van der Waals surface area contributed by atoms with Crippen molar-refractivity contribution >= 4 is 23.6 Å². The van der Waals surface area contributed by atoms with E-state index in [0.29, 0.717) is 24.6 Å². The Labute approximate surface area is 192 Å². The summed E-state index contributed by atoms with van der Waals surface area (Å²) in [6, 6.07) is 19.5. The van der Waals surface area contributed by atoms with Crippen LogP contribution in [-0.2, 0) is 11.3 Å². The zero-order valence-corrected chi connectivity index (χ0v) is 18.1. The molecule has 4 rings (SSSR count). The normalized spacial score (nSPS) is 14.5. The predicted octanol–water partition coefficient (Wildman–Crippen LogP) is 3.84. The molecule has 1 aromatic heterocycles. The van der Waals surface area contributed by atoms with Crippen LogP contribution < -0.4 is 10.8 Å². The van der Waals surface area contributed by atoms with Gasteiger partial charge in [-0.05, 0) is 47.4 Å². The molecule has 0 aliphatic carbocycles. The predicted molar refractivity (Wildman–Crippen MR) is 127 cm³/mol. The summed E-state index contributed by atoms with van der Waals surface area (Å²) in [5, 5.41) is 12.0. The van der Waals surface area contributed by atoms with Crippen molar-refractivity contribution < 1.29 is 14.8 Å². The highest BCUT2D eigenvalue weighted by molar-refractivity contribution is 5.94.